The molecule has 0 N–H and O–H groups in total. The van der Waals surface area contributed by atoms with E-state index in [0.29, 0.717) is 6.61 Å². The van der Waals surface area contributed by atoms with E-state index in [2.05, 4.69) is 19.1 Å². The number of hydrogen-bond donors (Lipinski definition) is 0. The van der Waals surface area contributed by atoms with Gasteiger partial charge in [-0.15, -0.1) is 0 Å². The summed E-state index contributed by atoms with van der Waals surface area (Å²) in [4.78, 5) is 0. The summed E-state index contributed by atoms with van der Waals surface area (Å²) in [5.74, 6) is 0. The summed E-state index contributed by atoms with van der Waals surface area (Å²) in [6.07, 6.45) is 4.50. The van der Waals surface area contributed by atoms with E-state index >= 15 is 0 Å². The molecule has 1 saturated heterocycles. The summed E-state index contributed by atoms with van der Waals surface area (Å²) >= 11 is 0. The molecule has 0 aromatic heterocycles. The average molecular weight is 264 g/mol. The van der Waals surface area contributed by atoms with Crippen LogP contribution in [0.5, 0.6) is 0 Å². The maximum Gasteiger partial charge on any atom is 0.157 e. The molecule has 2 atom stereocenters. The highest BCUT2D eigenvalue weighted by Crippen LogP contribution is 2.16. The van der Waals surface area contributed by atoms with Crippen molar-refractivity contribution in [2.75, 3.05) is 13.2 Å². The molecule has 1 unspecified atom stereocenters. The highest BCUT2D eigenvalue weighted by Gasteiger charge is 2.16. The second kappa shape index (κ2) is 8.31. The van der Waals surface area contributed by atoms with Crippen molar-refractivity contribution in [3.05, 3.63) is 35.9 Å². The molecule has 1 heterocycles. The van der Waals surface area contributed by atoms with Gasteiger partial charge in [0.1, 0.15) is 0 Å². The van der Waals surface area contributed by atoms with Crippen LogP contribution in [0.3, 0.4) is 0 Å². The molecule has 0 aliphatic carbocycles. The van der Waals surface area contributed by atoms with E-state index in [-0.39, 0.29) is 12.4 Å². The Kier molecular flexibility index (Phi) is 6.34. The van der Waals surface area contributed by atoms with Gasteiger partial charge in [0.25, 0.3) is 0 Å². The third-order valence-electron chi connectivity index (χ3n) is 3.30. The van der Waals surface area contributed by atoms with Gasteiger partial charge in [-0.05, 0) is 38.2 Å². The van der Waals surface area contributed by atoms with Crippen molar-refractivity contribution < 1.29 is 14.2 Å². The SMILES string of the molecule is C[C@@H](CCOCc1ccccc1)OC1CCCCO1. The number of ether oxygens (including phenoxy) is 3. The second-order valence-electron chi connectivity index (χ2n) is 5.07. The molecular weight excluding hydrogens is 240 g/mol. The second-order valence-corrected chi connectivity index (χ2v) is 5.07. The van der Waals surface area contributed by atoms with Gasteiger partial charge in [0.15, 0.2) is 6.29 Å². The van der Waals surface area contributed by atoms with Crippen molar-refractivity contribution >= 4 is 0 Å². The molecule has 1 aliphatic rings. The predicted molar refractivity (Wildman–Crippen MR) is 74.9 cm³/mol. The van der Waals surface area contributed by atoms with Crippen LogP contribution in [0.15, 0.2) is 30.3 Å². The fraction of sp³-hybridized carbons (Fsp3) is 0.625. The van der Waals surface area contributed by atoms with Crippen LogP contribution in [-0.4, -0.2) is 25.6 Å². The van der Waals surface area contributed by atoms with Crippen LogP contribution < -0.4 is 0 Å². The summed E-state index contributed by atoms with van der Waals surface area (Å²) in [5, 5.41) is 0. The summed E-state index contributed by atoms with van der Waals surface area (Å²) in [6, 6.07) is 10.2. The smallest absolute Gasteiger partial charge is 0.157 e. The minimum Gasteiger partial charge on any atom is -0.377 e. The lowest BCUT2D eigenvalue weighted by molar-refractivity contribution is -0.187. The van der Waals surface area contributed by atoms with Gasteiger partial charge in [-0.25, -0.2) is 0 Å². The Labute approximate surface area is 115 Å². The van der Waals surface area contributed by atoms with Gasteiger partial charge < -0.3 is 14.2 Å². The maximum absolute atomic E-state index is 5.84. The Balaban J connectivity index is 1.55. The van der Waals surface area contributed by atoms with E-state index in [0.717, 1.165) is 32.5 Å². The monoisotopic (exact) mass is 264 g/mol. The maximum atomic E-state index is 5.84. The van der Waals surface area contributed by atoms with Gasteiger partial charge in [0.05, 0.1) is 12.7 Å². The van der Waals surface area contributed by atoms with Crippen LogP contribution in [0.2, 0.25) is 0 Å². The highest BCUT2D eigenvalue weighted by atomic mass is 16.7. The van der Waals surface area contributed by atoms with Crippen LogP contribution in [0.25, 0.3) is 0 Å². The quantitative estimate of drug-likeness (QED) is 0.705. The fourth-order valence-electron chi connectivity index (χ4n) is 2.16. The molecule has 0 spiro atoms. The topological polar surface area (TPSA) is 27.7 Å². The zero-order valence-electron chi connectivity index (χ0n) is 11.7. The zero-order valence-corrected chi connectivity index (χ0v) is 11.7. The molecular formula is C16H24O3. The van der Waals surface area contributed by atoms with Gasteiger partial charge in [-0.2, -0.15) is 0 Å². The van der Waals surface area contributed by atoms with Gasteiger partial charge in [0.2, 0.25) is 0 Å². The Morgan fingerprint density at radius 2 is 2.11 bits per heavy atom. The van der Waals surface area contributed by atoms with Gasteiger partial charge in [-0.1, -0.05) is 30.3 Å². The first-order valence-corrected chi connectivity index (χ1v) is 7.23. The van der Waals surface area contributed by atoms with Crippen molar-refractivity contribution in [2.45, 2.75) is 51.6 Å². The lowest BCUT2D eigenvalue weighted by Crippen LogP contribution is -2.27. The molecule has 2 rings (SSSR count). The third-order valence-corrected chi connectivity index (χ3v) is 3.30. The predicted octanol–water partition coefficient (Wildman–Crippen LogP) is 3.53. The van der Waals surface area contributed by atoms with Crippen LogP contribution in [-0.2, 0) is 20.8 Å². The molecule has 3 nitrogen and oxygen atoms in total. The molecule has 0 radical (unpaired) electrons. The first kappa shape index (κ1) is 14.5. The van der Waals surface area contributed by atoms with E-state index in [4.69, 9.17) is 14.2 Å². The number of hydrogen-bond acceptors (Lipinski definition) is 3. The van der Waals surface area contributed by atoms with Crippen molar-refractivity contribution in [3.63, 3.8) is 0 Å². The van der Waals surface area contributed by atoms with Crippen LogP contribution in [0.4, 0.5) is 0 Å². The van der Waals surface area contributed by atoms with Crippen LogP contribution in [0.1, 0.15) is 38.2 Å². The van der Waals surface area contributed by atoms with E-state index < -0.39 is 0 Å². The number of rotatable bonds is 7. The van der Waals surface area contributed by atoms with Crippen molar-refractivity contribution in [3.8, 4) is 0 Å². The van der Waals surface area contributed by atoms with Crippen molar-refractivity contribution in [1.82, 2.24) is 0 Å². The molecule has 1 aromatic carbocycles. The average Bonchev–Trinajstić information content (AvgIpc) is 2.46. The molecule has 0 bridgehead atoms. The van der Waals surface area contributed by atoms with E-state index in [9.17, 15) is 0 Å². The van der Waals surface area contributed by atoms with Crippen LogP contribution >= 0.6 is 0 Å². The summed E-state index contributed by atoms with van der Waals surface area (Å²) in [5.41, 5.74) is 1.21. The molecule has 0 saturated carbocycles. The molecule has 0 amide bonds. The van der Waals surface area contributed by atoms with Crippen molar-refractivity contribution in [1.29, 1.82) is 0 Å². The van der Waals surface area contributed by atoms with Crippen molar-refractivity contribution in [2.24, 2.45) is 0 Å². The zero-order chi connectivity index (χ0) is 13.3. The normalized spacial score (nSPS) is 21.2. The molecule has 19 heavy (non-hydrogen) atoms. The minimum atomic E-state index is -0.00197. The summed E-state index contributed by atoms with van der Waals surface area (Å²) in [7, 11) is 0. The first-order chi connectivity index (χ1) is 9.34. The first-order valence-electron chi connectivity index (χ1n) is 7.23. The minimum absolute atomic E-state index is 0.00197. The Morgan fingerprint density at radius 3 is 2.84 bits per heavy atom. The molecule has 1 aliphatic heterocycles. The third kappa shape index (κ3) is 5.72. The van der Waals surface area contributed by atoms with E-state index in [1.165, 1.54) is 12.0 Å². The lowest BCUT2D eigenvalue weighted by atomic mass is 10.2. The van der Waals surface area contributed by atoms with Gasteiger partial charge in [-0.3, -0.25) is 0 Å². The largest absolute Gasteiger partial charge is 0.377 e. The van der Waals surface area contributed by atoms with E-state index in [1.807, 2.05) is 18.2 Å². The van der Waals surface area contributed by atoms with Gasteiger partial charge in [0, 0.05) is 13.2 Å². The molecule has 1 aromatic rings. The highest BCUT2D eigenvalue weighted by molar-refractivity contribution is 5.13. The van der Waals surface area contributed by atoms with Gasteiger partial charge >= 0.3 is 0 Å². The Bertz CT molecular complexity index is 333. The summed E-state index contributed by atoms with van der Waals surface area (Å²) in [6.45, 7) is 4.32. The molecule has 106 valence electrons. The Morgan fingerprint density at radius 1 is 1.26 bits per heavy atom. The number of benzene rings is 1. The molecule has 3 heteroatoms. The van der Waals surface area contributed by atoms with Crippen LogP contribution in [0, 0.1) is 0 Å². The standard InChI is InChI=1S/C16H24O3/c1-14(19-16-9-5-6-11-18-16)10-12-17-13-15-7-3-2-4-8-15/h2-4,7-8,14,16H,5-6,9-13H2,1H3/t14-,16?/m0/s1. The fourth-order valence-corrected chi connectivity index (χ4v) is 2.16. The Hall–Kier alpha value is -0.900. The molecule has 1 fully saturated rings. The lowest BCUT2D eigenvalue weighted by Gasteiger charge is -2.26. The van der Waals surface area contributed by atoms with E-state index in [1.54, 1.807) is 0 Å². The summed E-state index contributed by atoms with van der Waals surface area (Å²) < 4.78 is 17.1.